The van der Waals surface area contributed by atoms with E-state index in [2.05, 4.69) is 20.8 Å². The van der Waals surface area contributed by atoms with E-state index < -0.39 is 0 Å². The molecule has 3 heteroatoms. The van der Waals surface area contributed by atoms with Crippen molar-refractivity contribution in [2.75, 3.05) is 26.4 Å². The Morgan fingerprint density at radius 2 is 1.87 bits per heavy atom. The third-order valence-corrected chi connectivity index (χ3v) is 2.72. The largest absolute Gasteiger partial charge is 0.394 e. The highest BCUT2D eigenvalue weighted by Crippen LogP contribution is 2.22. The van der Waals surface area contributed by atoms with E-state index in [1.807, 2.05) is 0 Å². The second-order valence-electron chi connectivity index (χ2n) is 4.09. The van der Waals surface area contributed by atoms with E-state index >= 15 is 0 Å². The zero-order chi connectivity index (χ0) is 11.6. The Kier molecular flexibility index (Phi) is 9.06. The van der Waals surface area contributed by atoms with Gasteiger partial charge in [-0.25, -0.2) is 0 Å². The van der Waals surface area contributed by atoms with Crippen molar-refractivity contribution in [2.24, 2.45) is 0 Å². The molecule has 0 bridgehead atoms. The van der Waals surface area contributed by atoms with Crippen LogP contribution in [0.1, 0.15) is 46.5 Å². The topological polar surface area (TPSA) is 38.7 Å². The molecule has 0 amide bonds. The number of unbranched alkanes of at least 4 members (excludes halogenated alkanes) is 1. The minimum atomic E-state index is -0.00140. The molecule has 0 aromatic heterocycles. The molecule has 1 N–H and O–H groups in total. The summed E-state index contributed by atoms with van der Waals surface area (Å²) in [5, 5.41) is 8.52. The Hall–Kier alpha value is -0.120. The summed E-state index contributed by atoms with van der Waals surface area (Å²) in [7, 11) is 0. The maximum absolute atomic E-state index is 8.52. The van der Waals surface area contributed by atoms with Gasteiger partial charge in [-0.2, -0.15) is 0 Å². The van der Waals surface area contributed by atoms with Crippen molar-refractivity contribution >= 4 is 0 Å². The molecule has 0 heterocycles. The summed E-state index contributed by atoms with van der Waals surface area (Å²) in [5.74, 6) is 0. The lowest BCUT2D eigenvalue weighted by atomic mass is 9.96. The minimum Gasteiger partial charge on any atom is -0.394 e. The minimum absolute atomic E-state index is 0.00140. The molecular weight excluding hydrogens is 192 g/mol. The first-order chi connectivity index (χ1) is 7.18. The molecule has 3 nitrogen and oxygen atoms in total. The first-order valence-corrected chi connectivity index (χ1v) is 6.01. The van der Waals surface area contributed by atoms with Crippen molar-refractivity contribution in [2.45, 2.75) is 52.1 Å². The lowest BCUT2D eigenvalue weighted by molar-refractivity contribution is -0.0666. The quantitative estimate of drug-likeness (QED) is 0.572. The summed E-state index contributed by atoms with van der Waals surface area (Å²) >= 11 is 0. The molecule has 15 heavy (non-hydrogen) atoms. The van der Waals surface area contributed by atoms with Crippen LogP contribution in [0.3, 0.4) is 0 Å². The normalized spacial score (nSPS) is 15.2. The molecule has 1 unspecified atom stereocenters. The Labute approximate surface area is 93.8 Å². The van der Waals surface area contributed by atoms with E-state index in [1.54, 1.807) is 0 Å². The van der Waals surface area contributed by atoms with Crippen LogP contribution in [-0.2, 0) is 9.47 Å². The zero-order valence-electron chi connectivity index (χ0n) is 10.4. The summed E-state index contributed by atoms with van der Waals surface area (Å²) in [6.07, 6.45) is 4.56. The van der Waals surface area contributed by atoms with Gasteiger partial charge in [0.2, 0.25) is 0 Å². The van der Waals surface area contributed by atoms with Gasteiger partial charge >= 0.3 is 0 Å². The van der Waals surface area contributed by atoms with E-state index in [1.165, 1.54) is 12.8 Å². The predicted molar refractivity (Wildman–Crippen MR) is 62.1 cm³/mol. The number of ether oxygens (including phenoxy) is 2. The van der Waals surface area contributed by atoms with Crippen LogP contribution >= 0.6 is 0 Å². The molecule has 1 atom stereocenters. The highest BCUT2D eigenvalue weighted by Gasteiger charge is 2.21. The summed E-state index contributed by atoms with van der Waals surface area (Å²) in [6.45, 7) is 8.19. The van der Waals surface area contributed by atoms with Crippen molar-refractivity contribution in [3.05, 3.63) is 0 Å². The second kappa shape index (κ2) is 9.13. The molecule has 0 saturated heterocycles. The van der Waals surface area contributed by atoms with Gasteiger partial charge in [0.05, 0.1) is 32.0 Å². The zero-order valence-corrected chi connectivity index (χ0v) is 10.4. The van der Waals surface area contributed by atoms with E-state index in [9.17, 15) is 0 Å². The molecule has 92 valence electrons. The molecule has 0 aliphatic rings. The van der Waals surface area contributed by atoms with Crippen LogP contribution in [0, 0.1) is 0 Å². The average Bonchev–Trinajstić information content (AvgIpc) is 2.26. The number of rotatable bonds is 10. The van der Waals surface area contributed by atoms with Gasteiger partial charge in [0.25, 0.3) is 0 Å². The number of aliphatic hydroxyl groups excluding tert-OH is 1. The fraction of sp³-hybridized carbons (Fsp3) is 1.00. The van der Waals surface area contributed by atoms with E-state index in [4.69, 9.17) is 14.6 Å². The number of hydrogen-bond donors (Lipinski definition) is 1. The Morgan fingerprint density at radius 3 is 2.40 bits per heavy atom. The number of aliphatic hydroxyl groups is 1. The average molecular weight is 218 g/mol. The van der Waals surface area contributed by atoms with Crippen LogP contribution < -0.4 is 0 Å². The highest BCUT2D eigenvalue weighted by atomic mass is 16.5. The van der Waals surface area contributed by atoms with Crippen molar-refractivity contribution < 1.29 is 14.6 Å². The van der Waals surface area contributed by atoms with Crippen LogP contribution in [0.15, 0.2) is 0 Å². The van der Waals surface area contributed by atoms with Crippen molar-refractivity contribution in [1.29, 1.82) is 0 Å². The van der Waals surface area contributed by atoms with E-state index in [0.29, 0.717) is 19.8 Å². The lowest BCUT2D eigenvalue weighted by Crippen LogP contribution is -2.29. The van der Waals surface area contributed by atoms with Gasteiger partial charge in [0.15, 0.2) is 0 Å². The standard InChI is InChI=1S/C12H26O3/c1-4-6-7-12(3,5-2)15-11-10-14-9-8-13/h13H,4-11H2,1-3H3. The molecule has 0 spiro atoms. The van der Waals surface area contributed by atoms with E-state index in [-0.39, 0.29) is 12.2 Å². The van der Waals surface area contributed by atoms with Gasteiger partial charge in [-0.05, 0) is 19.8 Å². The van der Waals surface area contributed by atoms with Crippen LogP contribution in [0.4, 0.5) is 0 Å². The fourth-order valence-electron chi connectivity index (χ4n) is 1.42. The maximum atomic E-state index is 8.52. The molecule has 0 aliphatic carbocycles. The Bertz CT molecular complexity index is 139. The van der Waals surface area contributed by atoms with Gasteiger partial charge in [-0.3, -0.25) is 0 Å². The van der Waals surface area contributed by atoms with Gasteiger partial charge in [-0.1, -0.05) is 26.7 Å². The SMILES string of the molecule is CCCCC(C)(CC)OCCOCCO. The molecule has 0 saturated carbocycles. The smallest absolute Gasteiger partial charge is 0.0707 e. The molecule has 0 aromatic carbocycles. The molecule has 0 aromatic rings. The second-order valence-corrected chi connectivity index (χ2v) is 4.09. The Morgan fingerprint density at radius 1 is 1.13 bits per heavy atom. The van der Waals surface area contributed by atoms with Crippen molar-refractivity contribution in [3.63, 3.8) is 0 Å². The summed E-state index contributed by atoms with van der Waals surface area (Å²) in [4.78, 5) is 0. The third kappa shape index (κ3) is 7.77. The first kappa shape index (κ1) is 14.9. The molecular formula is C12H26O3. The van der Waals surface area contributed by atoms with E-state index in [0.717, 1.165) is 12.8 Å². The monoisotopic (exact) mass is 218 g/mol. The summed E-state index contributed by atoms with van der Waals surface area (Å²) in [5.41, 5.74) is -0.00140. The van der Waals surface area contributed by atoms with Crippen LogP contribution in [0.25, 0.3) is 0 Å². The maximum Gasteiger partial charge on any atom is 0.0707 e. The number of hydrogen-bond acceptors (Lipinski definition) is 3. The van der Waals surface area contributed by atoms with Gasteiger partial charge in [0, 0.05) is 0 Å². The molecule has 0 radical (unpaired) electrons. The molecule has 0 aliphatic heterocycles. The van der Waals surface area contributed by atoms with Crippen LogP contribution in [0.2, 0.25) is 0 Å². The van der Waals surface area contributed by atoms with Crippen molar-refractivity contribution in [1.82, 2.24) is 0 Å². The van der Waals surface area contributed by atoms with Crippen LogP contribution in [-0.4, -0.2) is 37.1 Å². The molecule has 0 rings (SSSR count). The Balaban J connectivity index is 3.58. The fourth-order valence-corrected chi connectivity index (χ4v) is 1.42. The predicted octanol–water partition coefficient (Wildman–Crippen LogP) is 2.37. The van der Waals surface area contributed by atoms with Gasteiger partial charge < -0.3 is 14.6 Å². The first-order valence-electron chi connectivity index (χ1n) is 6.01. The molecule has 0 fully saturated rings. The van der Waals surface area contributed by atoms with Crippen molar-refractivity contribution in [3.8, 4) is 0 Å². The summed E-state index contributed by atoms with van der Waals surface area (Å²) < 4.78 is 11.0. The van der Waals surface area contributed by atoms with Gasteiger partial charge in [0.1, 0.15) is 0 Å². The van der Waals surface area contributed by atoms with Gasteiger partial charge in [-0.15, -0.1) is 0 Å². The summed E-state index contributed by atoms with van der Waals surface area (Å²) in [6, 6.07) is 0. The third-order valence-electron chi connectivity index (χ3n) is 2.72. The highest BCUT2D eigenvalue weighted by molar-refractivity contribution is 4.72. The lowest BCUT2D eigenvalue weighted by Gasteiger charge is -2.28. The van der Waals surface area contributed by atoms with Crippen LogP contribution in [0.5, 0.6) is 0 Å².